The van der Waals surface area contributed by atoms with E-state index in [0.29, 0.717) is 19.4 Å². The maximum absolute atomic E-state index is 12.1. The molecule has 142 valence electrons. The fourth-order valence-electron chi connectivity index (χ4n) is 3.39. The van der Waals surface area contributed by atoms with Gasteiger partial charge in [-0.3, -0.25) is 14.5 Å². The first kappa shape index (κ1) is 19.1. The van der Waals surface area contributed by atoms with Crippen LogP contribution >= 0.6 is 0 Å². The summed E-state index contributed by atoms with van der Waals surface area (Å²) in [5, 5.41) is 5.90. The number of carbonyl (C=O) groups is 2. The molecule has 0 bridgehead atoms. The number of hydrogen-bond acceptors (Lipinski definition) is 3. The minimum Gasteiger partial charge on any atom is -0.355 e. The van der Waals surface area contributed by atoms with E-state index in [9.17, 15) is 9.59 Å². The van der Waals surface area contributed by atoms with Gasteiger partial charge in [-0.1, -0.05) is 60.7 Å². The lowest BCUT2D eigenvalue weighted by atomic mass is 10.1. The summed E-state index contributed by atoms with van der Waals surface area (Å²) in [4.78, 5) is 26.4. The molecule has 2 amide bonds. The molecule has 1 aliphatic heterocycles. The van der Waals surface area contributed by atoms with Gasteiger partial charge in [0.1, 0.15) is 0 Å². The molecule has 0 radical (unpaired) electrons. The van der Waals surface area contributed by atoms with Crippen molar-refractivity contribution in [1.82, 2.24) is 15.5 Å². The van der Waals surface area contributed by atoms with Gasteiger partial charge in [0.15, 0.2) is 0 Å². The third-order valence-corrected chi connectivity index (χ3v) is 4.77. The zero-order valence-electron chi connectivity index (χ0n) is 15.6. The van der Waals surface area contributed by atoms with Crippen LogP contribution in [0.1, 0.15) is 24.0 Å². The Balaban J connectivity index is 1.31. The smallest absolute Gasteiger partial charge is 0.224 e. The minimum atomic E-state index is -0.0519. The van der Waals surface area contributed by atoms with Crippen LogP contribution in [0, 0.1) is 0 Å². The van der Waals surface area contributed by atoms with Gasteiger partial charge in [-0.2, -0.15) is 0 Å². The Morgan fingerprint density at radius 2 is 1.59 bits per heavy atom. The maximum Gasteiger partial charge on any atom is 0.224 e. The van der Waals surface area contributed by atoms with Crippen molar-refractivity contribution in [1.29, 1.82) is 0 Å². The molecule has 1 heterocycles. The lowest BCUT2D eigenvalue weighted by molar-refractivity contribution is -0.122. The average Bonchev–Trinajstić information content (AvgIpc) is 3.10. The number of carbonyl (C=O) groups excluding carboxylic acids is 2. The molecule has 0 saturated carbocycles. The average molecular weight is 365 g/mol. The molecule has 1 saturated heterocycles. The molecule has 0 aliphatic carbocycles. The predicted octanol–water partition coefficient (Wildman–Crippen LogP) is 2.13. The second-order valence-electron chi connectivity index (χ2n) is 7.04. The van der Waals surface area contributed by atoms with E-state index in [1.165, 1.54) is 5.56 Å². The van der Waals surface area contributed by atoms with Gasteiger partial charge in [0, 0.05) is 38.6 Å². The van der Waals surface area contributed by atoms with Gasteiger partial charge in [-0.05, 0) is 17.5 Å². The van der Waals surface area contributed by atoms with E-state index in [4.69, 9.17) is 0 Å². The van der Waals surface area contributed by atoms with E-state index in [1.807, 2.05) is 36.4 Å². The van der Waals surface area contributed by atoms with Gasteiger partial charge in [0.05, 0.1) is 6.42 Å². The molecule has 0 spiro atoms. The van der Waals surface area contributed by atoms with E-state index >= 15 is 0 Å². The van der Waals surface area contributed by atoms with E-state index in [0.717, 1.165) is 31.6 Å². The van der Waals surface area contributed by atoms with Crippen molar-refractivity contribution in [3.63, 3.8) is 0 Å². The lowest BCUT2D eigenvalue weighted by Gasteiger charge is -2.17. The number of benzene rings is 2. The van der Waals surface area contributed by atoms with E-state index in [1.54, 1.807) is 0 Å². The highest BCUT2D eigenvalue weighted by molar-refractivity contribution is 5.80. The second kappa shape index (κ2) is 9.88. The molecule has 1 unspecified atom stereocenters. The Morgan fingerprint density at radius 3 is 2.30 bits per heavy atom. The molecule has 0 aromatic heterocycles. The predicted molar refractivity (Wildman–Crippen MR) is 106 cm³/mol. The fraction of sp³-hybridized carbons (Fsp3) is 0.364. The van der Waals surface area contributed by atoms with Crippen molar-refractivity contribution in [2.24, 2.45) is 0 Å². The van der Waals surface area contributed by atoms with Crippen LogP contribution in [-0.2, 0) is 22.6 Å². The van der Waals surface area contributed by atoms with Crippen LogP contribution in [-0.4, -0.2) is 42.4 Å². The van der Waals surface area contributed by atoms with Crippen molar-refractivity contribution in [3.8, 4) is 0 Å². The van der Waals surface area contributed by atoms with Crippen molar-refractivity contribution in [2.75, 3.05) is 19.6 Å². The zero-order valence-corrected chi connectivity index (χ0v) is 15.6. The summed E-state index contributed by atoms with van der Waals surface area (Å²) in [5.41, 5.74) is 2.27. The van der Waals surface area contributed by atoms with E-state index in [-0.39, 0.29) is 17.9 Å². The molecule has 2 aromatic carbocycles. The highest BCUT2D eigenvalue weighted by Gasteiger charge is 2.23. The number of nitrogens with one attached hydrogen (secondary N) is 2. The maximum atomic E-state index is 12.1. The first-order chi connectivity index (χ1) is 13.2. The molecule has 5 heteroatoms. The highest BCUT2D eigenvalue weighted by atomic mass is 16.2. The van der Waals surface area contributed by atoms with Crippen molar-refractivity contribution in [3.05, 3.63) is 71.8 Å². The topological polar surface area (TPSA) is 61.4 Å². The third-order valence-electron chi connectivity index (χ3n) is 4.77. The molecule has 2 N–H and O–H groups in total. The number of rotatable bonds is 8. The molecule has 1 aliphatic rings. The van der Waals surface area contributed by atoms with Gasteiger partial charge in [0.2, 0.25) is 11.8 Å². The second-order valence-corrected chi connectivity index (χ2v) is 7.04. The normalized spacial score (nSPS) is 16.8. The number of hydrogen-bond donors (Lipinski definition) is 2. The Bertz CT molecular complexity index is 734. The number of amides is 2. The van der Waals surface area contributed by atoms with Crippen LogP contribution in [0.25, 0.3) is 0 Å². The van der Waals surface area contributed by atoms with Crippen LogP contribution < -0.4 is 10.6 Å². The van der Waals surface area contributed by atoms with E-state index < -0.39 is 0 Å². The first-order valence-corrected chi connectivity index (χ1v) is 9.55. The summed E-state index contributed by atoms with van der Waals surface area (Å²) < 4.78 is 0. The summed E-state index contributed by atoms with van der Waals surface area (Å²) in [5.74, 6) is -0.0505. The minimum absolute atomic E-state index is 0.00146. The number of likely N-dealkylation sites (tertiary alicyclic amines) is 1. The molecule has 5 nitrogen and oxygen atoms in total. The molecule has 1 atom stereocenters. The Labute approximate surface area is 160 Å². The molecule has 2 aromatic rings. The van der Waals surface area contributed by atoms with Gasteiger partial charge < -0.3 is 10.6 Å². The van der Waals surface area contributed by atoms with Crippen LogP contribution in [0.2, 0.25) is 0 Å². The molecule has 3 rings (SSSR count). The van der Waals surface area contributed by atoms with E-state index in [2.05, 4.69) is 39.8 Å². The lowest BCUT2D eigenvalue weighted by Crippen LogP contribution is -2.38. The summed E-state index contributed by atoms with van der Waals surface area (Å²) in [6.45, 7) is 3.16. The van der Waals surface area contributed by atoms with Crippen LogP contribution in [0.3, 0.4) is 0 Å². The SMILES string of the molecule is O=C(Cc1ccccc1)NCCC(=O)NC1CCN(Cc2ccccc2)C1. The van der Waals surface area contributed by atoms with Crippen LogP contribution in [0.4, 0.5) is 0 Å². The Morgan fingerprint density at radius 1 is 0.926 bits per heavy atom. The third kappa shape index (κ3) is 6.53. The van der Waals surface area contributed by atoms with Crippen molar-refractivity contribution >= 4 is 11.8 Å². The van der Waals surface area contributed by atoms with Gasteiger partial charge in [-0.15, -0.1) is 0 Å². The number of nitrogens with zero attached hydrogens (tertiary/aromatic N) is 1. The summed E-state index contributed by atoms with van der Waals surface area (Å²) >= 11 is 0. The fourth-order valence-corrected chi connectivity index (χ4v) is 3.39. The zero-order chi connectivity index (χ0) is 18.9. The summed E-state index contributed by atoms with van der Waals surface area (Å²) in [6, 6.07) is 20.2. The molecule has 27 heavy (non-hydrogen) atoms. The molecular formula is C22H27N3O2. The molecule has 1 fully saturated rings. The van der Waals surface area contributed by atoms with Gasteiger partial charge in [0.25, 0.3) is 0 Å². The highest BCUT2D eigenvalue weighted by Crippen LogP contribution is 2.13. The molecular weight excluding hydrogens is 338 g/mol. The van der Waals surface area contributed by atoms with Crippen LogP contribution in [0.5, 0.6) is 0 Å². The van der Waals surface area contributed by atoms with Crippen molar-refractivity contribution in [2.45, 2.75) is 31.8 Å². The largest absolute Gasteiger partial charge is 0.355 e. The Kier molecular flexibility index (Phi) is 6.99. The summed E-state index contributed by atoms with van der Waals surface area (Å²) in [6.07, 6.45) is 1.63. The van der Waals surface area contributed by atoms with Gasteiger partial charge in [-0.25, -0.2) is 0 Å². The van der Waals surface area contributed by atoms with Gasteiger partial charge >= 0.3 is 0 Å². The van der Waals surface area contributed by atoms with Crippen LogP contribution in [0.15, 0.2) is 60.7 Å². The Hall–Kier alpha value is -2.66. The monoisotopic (exact) mass is 365 g/mol. The van der Waals surface area contributed by atoms with Crippen molar-refractivity contribution < 1.29 is 9.59 Å². The quantitative estimate of drug-likeness (QED) is 0.753. The summed E-state index contributed by atoms with van der Waals surface area (Å²) in [7, 11) is 0. The standard InChI is InChI=1S/C22H27N3O2/c26-21(11-13-23-22(27)15-18-7-3-1-4-8-18)24-20-12-14-25(17-20)16-19-9-5-2-6-10-19/h1-10,20H,11-17H2,(H,23,27)(H,24,26). The first-order valence-electron chi connectivity index (χ1n) is 9.55.